The van der Waals surface area contributed by atoms with Crippen LogP contribution in [0.4, 0.5) is 11.8 Å². The number of aryl methyl sites for hydroxylation is 3. The van der Waals surface area contributed by atoms with Crippen LogP contribution in [0.2, 0.25) is 0 Å². The van der Waals surface area contributed by atoms with E-state index in [0.29, 0.717) is 5.56 Å². The summed E-state index contributed by atoms with van der Waals surface area (Å²) in [6.45, 7) is 7.88. The van der Waals surface area contributed by atoms with Gasteiger partial charge in [-0.2, -0.15) is 9.97 Å². The van der Waals surface area contributed by atoms with Crippen molar-refractivity contribution >= 4 is 26.8 Å². The van der Waals surface area contributed by atoms with E-state index in [0.717, 1.165) is 16.7 Å². The van der Waals surface area contributed by atoms with Crippen molar-refractivity contribution in [2.75, 3.05) is 18.1 Å². The third-order valence-electron chi connectivity index (χ3n) is 3.77. The number of rotatable bonds is 7. The lowest BCUT2D eigenvalue weighted by Gasteiger charge is -2.20. The zero-order valence-electron chi connectivity index (χ0n) is 15.4. The Hall–Kier alpha value is -2.24. The van der Waals surface area contributed by atoms with E-state index in [-0.39, 0.29) is 36.1 Å². The number of nitrogens with two attached hydrogens (primary N) is 2. The molecule has 0 spiro atoms. The predicted octanol–water partition coefficient (Wildman–Crippen LogP) is 2.43. The molecular formula is C18H25N4O3P. The van der Waals surface area contributed by atoms with Gasteiger partial charge >= 0.3 is 0 Å². The number of ketones is 1. The number of carbonyl (C=O) groups excluding carboxylic acids is 1. The standard InChI is InChI=1S/C18H25N4O3P/c1-9-5-10(2)15(11(3)6-9)16(23)17(26)25-12(4)8-24-14-7-13(19)21-18(20)22-14/h5-7,12,17H,8,26H2,1-4H3,(H4,19,20,21,22)/t12-,17-/m0/s1. The predicted molar refractivity (Wildman–Crippen MR) is 105 cm³/mol. The lowest BCUT2D eigenvalue weighted by Crippen LogP contribution is -2.28. The summed E-state index contributed by atoms with van der Waals surface area (Å²) in [6, 6.07) is 5.47. The maximum atomic E-state index is 12.8. The third-order valence-corrected chi connectivity index (χ3v) is 4.23. The summed E-state index contributed by atoms with van der Waals surface area (Å²) >= 11 is 0. The molecule has 0 fully saturated rings. The van der Waals surface area contributed by atoms with Crippen LogP contribution in [-0.4, -0.2) is 34.3 Å². The number of nitrogens with zero attached hydrogens (tertiary/aromatic N) is 2. The number of carbonyl (C=O) groups is 1. The van der Waals surface area contributed by atoms with Crippen molar-refractivity contribution in [3.05, 3.63) is 40.5 Å². The molecule has 2 aromatic rings. The minimum absolute atomic E-state index is 0.0398. The molecule has 26 heavy (non-hydrogen) atoms. The van der Waals surface area contributed by atoms with E-state index in [2.05, 4.69) is 19.2 Å². The summed E-state index contributed by atoms with van der Waals surface area (Å²) in [5.74, 6) is -0.215. The monoisotopic (exact) mass is 376 g/mol. The van der Waals surface area contributed by atoms with Crippen LogP contribution in [0.5, 0.6) is 5.88 Å². The van der Waals surface area contributed by atoms with Crippen molar-refractivity contribution < 1.29 is 14.3 Å². The Balaban J connectivity index is 1.98. The fraction of sp³-hybridized carbons (Fsp3) is 0.389. The molecule has 0 radical (unpaired) electrons. The highest BCUT2D eigenvalue weighted by molar-refractivity contribution is 7.19. The number of hydrogen-bond donors (Lipinski definition) is 2. The number of ether oxygens (including phenoxy) is 2. The summed E-state index contributed by atoms with van der Waals surface area (Å²) in [6.07, 6.45) is -0.343. The van der Waals surface area contributed by atoms with E-state index in [1.807, 2.05) is 39.8 Å². The Morgan fingerprint density at radius 1 is 1.15 bits per heavy atom. The summed E-state index contributed by atoms with van der Waals surface area (Å²) in [5, 5.41) is 0. The van der Waals surface area contributed by atoms with Crippen LogP contribution in [0.15, 0.2) is 18.2 Å². The van der Waals surface area contributed by atoms with Gasteiger partial charge in [0.1, 0.15) is 18.3 Å². The molecule has 4 N–H and O–H groups in total. The van der Waals surface area contributed by atoms with Crippen LogP contribution in [0.1, 0.15) is 34.0 Å². The second-order valence-corrected chi connectivity index (χ2v) is 6.91. The van der Waals surface area contributed by atoms with Crippen LogP contribution in [-0.2, 0) is 4.74 Å². The number of aromatic nitrogens is 2. The van der Waals surface area contributed by atoms with Gasteiger partial charge < -0.3 is 20.9 Å². The molecule has 0 bridgehead atoms. The zero-order chi connectivity index (χ0) is 19.4. The first-order valence-corrected chi connectivity index (χ1v) is 8.90. The number of benzene rings is 1. The first-order chi connectivity index (χ1) is 12.2. The molecule has 0 aliphatic heterocycles. The van der Waals surface area contributed by atoms with Gasteiger partial charge in [-0.05, 0) is 38.8 Å². The molecule has 0 amide bonds. The normalized spacial score (nSPS) is 13.3. The molecule has 8 heteroatoms. The van der Waals surface area contributed by atoms with Crippen molar-refractivity contribution in [3.63, 3.8) is 0 Å². The van der Waals surface area contributed by atoms with Gasteiger partial charge in [0.2, 0.25) is 11.8 Å². The fourth-order valence-corrected chi connectivity index (χ4v) is 3.24. The van der Waals surface area contributed by atoms with Gasteiger partial charge in [0.15, 0.2) is 5.78 Å². The molecule has 1 heterocycles. The van der Waals surface area contributed by atoms with Crippen LogP contribution in [0.25, 0.3) is 0 Å². The molecule has 3 atom stereocenters. The molecule has 0 aliphatic carbocycles. The zero-order valence-corrected chi connectivity index (χ0v) is 16.6. The van der Waals surface area contributed by atoms with Gasteiger partial charge in [-0.15, -0.1) is 0 Å². The van der Waals surface area contributed by atoms with Gasteiger partial charge in [0, 0.05) is 11.6 Å². The minimum Gasteiger partial charge on any atom is -0.475 e. The maximum Gasteiger partial charge on any atom is 0.225 e. The number of nitrogen functional groups attached to an aromatic ring is 2. The highest BCUT2D eigenvalue weighted by Crippen LogP contribution is 2.22. The Morgan fingerprint density at radius 2 is 1.77 bits per heavy atom. The lowest BCUT2D eigenvalue weighted by atomic mass is 9.97. The Labute approximate surface area is 155 Å². The molecule has 1 aromatic carbocycles. The highest BCUT2D eigenvalue weighted by atomic mass is 31.0. The van der Waals surface area contributed by atoms with Crippen molar-refractivity contribution in [2.45, 2.75) is 39.6 Å². The molecule has 2 rings (SSSR count). The van der Waals surface area contributed by atoms with E-state index >= 15 is 0 Å². The Kier molecular flexibility index (Phi) is 6.51. The lowest BCUT2D eigenvalue weighted by molar-refractivity contribution is 0.0173. The second-order valence-electron chi connectivity index (χ2n) is 6.31. The third kappa shape index (κ3) is 5.13. The molecule has 0 saturated heterocycles. The molecule has 0 aliphatic rings. The Bertz CT molecular complexity index is 770. The van der Waals surface area contributed by atoms with Gasteiger partial charge in [-0.3, -0.25) is 4.79 Å². The maximum absolute atomic E-state index is 12.8. The summed E-state index contributed by atoms with van der Waals surface area (Å²) < 4.78 is 11.3. The minimum atomic E-state index is -0.672. The van der Waals surface area contributed by atoms with Crippen LogP contribution >= 0.6 is 9.24 Å². The smallest absolute Gasteiger partial charge is 0.225 e. The number of hydrogen-bond acceptors (Lipinski definition) is 7. The van der Waals surface area contributed by atoms with E-state index in [1.54, 1.807) is 0 Å². The topological polar surface area (TPSA) is 113 Å². The Morgan fingerprint density at radius 3 is 2.35 bits per heavy atom. The summed E-state index contributed by atoms with van der Waals surface area (Å²) in [4.78, 5) is 20.5. The van der Waals surface area contributed by atoms with E-state index in [4.69, 9.17) is 20.9 Å². The first-order valence-electron chi connectivity index (χ1n) is 8.23. The van der Waals surface area contributed by atoms with E-state index < -0.39 is 5.85 Å². The quantitative estimate of drug-likeness (QED) is 0.563. The summed E-state index contributed by atoms with van der Waals surface area (Å²) in [7, 11) is 2.45. The molecule has 1 aromatic heterocycles. The summed E-state index contributed by atoms with van der Waals surface area (Å²) in [5.41, 5.74) is 14.8. The molecule has 7 nitrogen and oxygen atoms in total. The van der Waals surface area contributed by atoms with Crippen molar-refractivity contribution in [3.8, 4) is 5.88 Å². The van der Waals surface area contributed by atoms with Gasteiger partial charge in [0.25, 0.3) is 0 Å². The largest absolute Gasteiger partial charge is 0.475 e. The van der Waals surface area contributed by atoms with E-state index in [1.165, 1.54) is 6.07 Å². The van der Waals surface area contributed by atoms with Crippen LogP contribution in [0.3, 0.4) is 0 Å². The molecule has 1 unspecified atom stereocenters. The van der Waals surface area contributed by atoms with Crippen molar-refractivity contribution in [2.24, 2.45) is 0 Å². The average molecular weight is 376 g/mol. The van der Waals surface area contributed by atoms with Crippen molar-refractivity contribution in [1.82, 2.24) is 9.97 Å². The first kappa shape index (κ1) is 20.1. The van der Waals surface area contributed by atoms with Crippen molar-refractivity contribution in [1.29, 1.82) is 0 Å². The second kappa shape index (κ2) is 8.43. The highest BCUT2D eigenvalue weighted by Gasteiger charge is 2.22. The van der Waals surface area contributed by atoms with Gasteiger partial charge in [0.05, 0.1) is 6.10 Å². The SMILES string of the molecule is Cc1cc(C)c(C(=O)[C@H](P)O[C@@H](C)COc2cc(N)nc(N)n2)c(C)c1. The molecule has 0 saturated carbocycles. The van der Waals surface area contributed by atoms with Gasteiger partial charge in [-0.1, -0.05) is 26.9 Å². The number of Topliss-reactive ketones (excluding diaryl/α,β-unsaturated/α-hetero) is 1. The fourth-order valence-electron chi connectivity index (χ4n) is 2.80. The van der Waals surface area contributed by atoms with Crippen LogP contribution < -0.4 is 16.2 Å². The van der Waals surface area contributed by atoms with E-state index in [9.17, 15) is 4.79 Å². The van der Waals surface area contributed by atoms with Crippen LogP contribution in [0, 0.1) is 20.8 Å². The number of anilines is 2. The molecule has 140 valence electrons. The van der Waals surface area contributed by atoms with Gasteiger partial charge in [-0.25, -0.2) is 0 Å². The average Bonchev–Trinajstić information content (AvgIpc) is 2.50. The molecular weight excluding hydrogens is 351 g/mol.